The third kappa shape index (κ3) is 2.53. The van der Waals surface area contributed by atoms with Crippen molar-refractivity contribution >= 4 is 11.0 Å². The molecule has 0 aliphatic carbocycles. The van der Waals surface area contributed by atoms with Crippen molar-refractivity contribution in [3.8, 4) is 0 Å². The molecule has 19 heavy (non-hydrogen) atoms. The average Bonchev–Trinajstić information content (AvgIpc) is 2.77. The molecule has 3 nitrogen and oxygen atoms in total. The number of rotatable bonds is 3. The van der Waals surface area contributed by atoms with E-state index in [0.29, 0.717) is 6.04 Å². The van der Waals surface area contributed by atoms with Crippen LogP contribution >= 0.6 is 0 Å². The lowest BCUT2D eigenvalue weighted by Crippen LogP contribution is -2.48. The third-order valence-corrected chi connectivity index (χ3v) is 3.94. The summed E-state index contributed by atoms with van der Waals surface area (Å²) in [6.45, 7) is 8.74. The molecule has 2 heterocycles. The highest BCUT2D eigenvalue weighted by atomic mass is 16.3. The van der Waals surface area contributed by atoms with E-state index in [-0.39, 0.29) is 0 Å². The van der Waals surface area contributed by atoms with Gasteiger partial charge >= 0.3 is 0 Å². The average molecular weight is 258 g/mol. The number of nitrogens with one attached hydrogen (secondary N) is 1. The number of aryl methyl sites for hydroxylation is 1. The summed E-state index contributed by atoms with van der Waals surface area (Å²) in [6, 6.07) is 8.97. The number of furan rings is 1. The summed E-state index contributed by atoms with van der Waals surface area (Å²) < 4.78 is 5.97. The van der Waals surface area contributed by atoms with E-state index in [1.807, 2.05) is 6.07 Å². The Balaban J connectivity index is 1.90. The molecule has 1 aliphatic heterocycles. The van der Waals surface area contributed by atoms with Gasteiger partial charge in [-0.3, -0.25) is 4.90 Å². The van der Waals surface area contributed by atoms with E-state index < -0.39 is 0 Å². The summed E-state index contributed by atoms with van der Waals surface area (Å²) in [4.78, 5) is 2.53. The maximum Gasteiger partial charge on any atom is 0.134 e. The van der Waals surface area contributed by atoms with Gasteiger partial charge in [-0.2, -0.15) is 0 Å². The molecule has 0 saturated carbocycles. The fourth-order valence-corrected chi connectivity index (χ4v) is 2.99. The van der Waals surface area contributed by atoms with E-state index in [0.717, 1.165) is 43.9 Å². The van der Waals surface area contributed by atoms with Crippen molar-refractivity contribution in [2.24, 2.45) is 0 Å². The predicted octanol–water partition coefficient (Wildman–Crippen LogP) is 2.79. The molecule has 1 N–H and O–H groups in total. The second kappa shape index (κ2) is 5.35. The fraction of sp³-hybridized carbons (Fsp3) is 0.500. The normalized spacial score (nSPS) is 21.1. The Labute approximate surface area is 114 Å². The van der Waals surface area contributed by atoms with Crippen LogP contribution in [0.2, 0.25) is 0 Å². The summed E-state index contributed by atoms with van der Waals surface area (Å²) in [7, 11) is 0. The zero-order valence-corrected chi connectivity index (χ0v) is 11.8. The maximum absolute atomic E-state index is 5.97. The third-order valence-electron chi connectivity index (χ3n) is 3.94. The number of piperazine rings is 1. The van der Waals surface area contributed by atoms with Gasteiger partial charge in [0.15, 0.2) is 0 Å². The Morgan fingerprint density at radius 1 is 1.37 bits per heavy atom. The highest BCUT2D eigenvalue weighted by molar-refractivity contribution is 5.82. The van der Waals surface area contributed by atoms with Crippen LogP contribution in [0.4, 0.5) is 0 Å². The lowest BCUT2D eigenvalue weighted by atomic mass is 10.1. The first-order valence-corrected chi connectivity index (χ1v) is 7.23. The fourth-order valence-electron chi connectivity index (χ4n) is 2.99. The number of hydrogen-bond donors (Lipinski definition) is 1. The van der Waals surface area contributed by atoms with Gasteiger partial charge in [-0.15, -0.1) is 0 Å². The molecule has 1 atom stereocenters. The highest BCUT2D eigenvalue weighted by Crippen LogP contribution is 2.27. The first-order chi connectivity index (χ1) is 9.28. The molecule has 102 valence electrons. The van der Waals surface area contributed by atoms with E-state index in [1.165, 1.54) is 10.9 Å². The molecule has 1 aromatic heterocycles. The predicted molar refractivity (Wildman–Crippen MR) is 78.3 cm³/mol. The Hall–Kier alpha value is -1.32. The van der Waals surface area contributed by atoms with Crippen LogP contribution in [0.5, 0.6) is 0 Å². The minimum absolute atomic E-state index is 0.581. The minimum atomic E-state index is 0.581. The largest absolute Gasteiger partial charge is 0.461 e. The van der Waals surface area contributed by atoms with Gasteiger partial charge in [-0.05, 0) is 13.0 Å². The summed E-state index contributed by atoms with van der Waals surface area (Å²) in [5.41, 5.74) is 2.41. The van der Waals surface area contributed by atoms with Gasteiger partial charge in [0.25, 0.3) is 0 Å². The Morgan fingerprint density at radius 2 is 2.21 bits per heavy atom. The minimum Gasteiger partial charge on any atom is -0.461 e. The number of nitrogens with zero attached hydrogens (tertiary/aromatic N) is 1. The van der Waals surface area contributed by atoms with E-state index in [1.54, 1.807) is 0 Å². The molecule has 1 fully saturated rings. The molecular formula is C16H22N2O. The second-order valence-electron chi connectivity index (χ2n) is 5.44. The number of hydrogen-bond acceptors (Lipinski definition) is 3. The summed E-state index contributed by atoms with van der Waals surface area (Å²) in [5.74, 6) is 1.15. The number of benzene rings is 1. The Morgan fingerprint density at radius 3 is 3.00 bits per heavy atom. The summed E-state index contributed by atoms with van der Waals surface area (Å²) >= 11 is 0. The SMILES string of the molecule is CCc1oc2ccccc2c1CN1CCNC(C)C1. The van der Waals surface area contributed by atoms with Gasteiger partial charge in [-0.25, -0.2) is 0 Å². The molecule has 1 aliphatic rings. The van der Waals surface area contributed by atoms with Gasteiger partial charge in [-0.1, -0.05) is 25.1 Å². The summed E-state index contributed by atoms with van der Waals surface area (Å²) in [6.07, 6.45) is 0.964. The molecule has 3 heteroatoms. The van der Waals surface area contributed by atoms with Crippen molar-refractivity contribution in [1.82, 2.24) is 10.2 Å². The summed E-state index contributed by atoms with van der Waals surface area (Å²) in [5, 5.41) is 4.78. The molecule has 2 aromatic rings. The quantitative estimate of drug-likeness (QED) is 0.917. The molecule has 1 unspecified atom stereocenters. The number of fused-ring (bicyclic) bond motifs is 1. The molecule has 0 spiro atoms. The smallest absolute Gasteiger partial charge is 0.134 e. The zero-order chi connectivity index (χ0) is 13.2. The van der Waals surface area contributed by atoms with Crippen molar-refractivity contribution in [1.29, 1.82) is 0 Å². The van der Waals surface area contributed by atoms with Crippen molar-refractivity contribution in [3.05, 3.63) is 35.6 Å². The molecule has 3 rings (SSSR count). The van der Waals surface area contributed by atoms with Crippen molar-refractivity contribution in [3.63, 3.8) is 0 Å². The van der Waals surface area contributed by atoms with Gasteiger partial charge in [0, 0.05) is 49.6 Å². The standard InChI is InChI=1S/C16H22N2O/c1-3-15-14(11-18-9-8-17-12(2)10-18)13-6-4-5-7-16(13)19-15/h4-7,12,17H,3,8-11H2,1-2H3. The Bertz CT molecular complexity index is 561. The van der Waals surface area contributed by atoms with E-state index in [2.05, 4.69) is 42.3 Å². The van der Waals surface area contributed by atoms with Crippen LogP contribution in [0.1, 0.15) is 25.2 Å². The van der Waals surface area contributed by atoms with E-state index in [9.17, 15) is 0 Å². The first kappa shape index (κ1) is 12.7. The molecule has 1 aromatic carbocycles. The van der Waals surface area contributed by atoms with Crippen LogP contribution < -0.4 is 5.32 Å². The van der Waals surface area contributed by atoms with Gasteiger partial charge in [0.05, 0.1) is 0 Å². The van der Waals surface area contributed by atoms with Crippen LogP contribution in [0, 0.1) is 0 Å². The maximum atomic E-state index is 5.97. The topological polar surface area (TPSA) is 28.4 Å². The lowest BCUT2D eigenvalue weighted by molar-refractivity contribution is 0.199. The molecule has 0 bridgehead atoms. The Kier molecular flexibility index (Phi) is 3.58. The van der Waals surface area contributed by atoms with Gasteiger partial charge < -0.3 is 9.73 Å². The van der Waals surface area contributed by atoms with Crippen molar-refractivity contribution in [2.75, 3.05) is 19.6 Å². The van der Waals surface area contributed by atoms with Crippen LogP contribution in [-0.4, -0.2) is 30.6 Å². The number of para-hydroxylation sites is 1. The van der Waals surface area contributed by atoms with Crippen molar-refractivity contribution in [2.45, 2.75) is 32.9 Å². The van der Waals surface area contributed by atoms with Crippen LogP contribution in [0.25, 0.3) is 11.0 Å². The highest BCUT2D eigenvalue weighted by Gasteiger charge is 2.19. The lowest BCUT2D eigenvalue weighted by Gasteiger charge is -2.31. The van der Waals surface area contributed by atoms with Crippen LogP contribution in [-0.2, 0) is 13.0 Å². The van der Waals surface area contributed by atoms with Crippen LogP contribution in [0.15, 0.2) is 28.7 Å². The van der Waals surface area contributed by atoms with Crippen LogP contribution in [0.3, 0.4) is 0 Å². The van der Waals surface area contributed by atoms with E-state index in [4.69, 9.17) is 4.42 Å². The molecule has 1 saturated heterocycles. The first-order valence-electron chi connectivity index (χ1n) is 7.23. The van der Waals surface area contributed by atoms with Gasteiger partial charge in [0.1, 0.15) is 11.3 Å². The van der Waals surface area contributed by atoms with E-state index >= 15 is 0 Å². The van der Waals surface area contributed by atoms with Crippen molar-refractivity contribution < 1.29 is 4.42 Å². The monoisotopic (exact) mass is 258 g/mol. The second-order valence-corrected chi connectivity index (χ2v) is 5.44. The van der Waals surface area contributed by atoms with Gasteiger partial charge in [0.2, 0.25) is 0 Å². The molecule has 0 amide bonds. The molecule has 0 radical (unpaired) electrons. The molecular weight excluding hydrogens is 236 g/mol. The zero-order valence-electron chi connectivity index (χ0n) is 11.8.